The average Bonchev–Trinajstić information content (AvgIpc) is 2.09. The van der Waals surface area contributed by atoms with Gasteiger partial charge in [0.25, 0.3) is 0 Å². The Balaban J connectivity index is 3.01. The molecule has 0 fully saturated rings. The highest BCUT2D eigenvalue weighted by molar-refractivity contribution is 5.93. The Morgan fingerprint density at radius 1 is 1.21 bits per heavy atom. The minimum Gasteiger partial charge on any atom is -0.414 e. The lowest BCUT2D eigenvalue weighted by Gasteiger charge is -2.35. The molecule has 6 heteroatoms. The fourth-order valence-electron chi connectivity index (χ4n) is 0.802. The Morgan fingerprint density at radius 3 is 1.86 bits per heavy atom. The molecular weight excluding hydrogens is 192 g/mol. The topological polar surface area (TPSA) is 93.1 Å². The molecule has 0 saturated carbocycles. The first-order chi connectivity index (χ1) is 6.24. The van der Waals surface area contributed by atoms with Gasteiger partial charge in [0.1, 0.15) is 0 Å². The van der Waals surface area contributed by atoms with Crippen molar-refractivity contribution in [2.24, 2.45) is 0 Å². The third kappa shape index (κ3) is 1.91. The van der Waals surface area contributed by atoms with Gasteiger partial charge in [-0.05, 0) is 6.92 Å². The van der Waals surface area contributed by atoms with Crippen molar-refractivity contribution in [3.8, 4) is 0 Å². The zero-order valence-corrected chi connectivity index (χ0v) is 7.68. The number of carbonyl (C=O) groups is 2. The predicted octanol–water partition coefficient (Wildman–Crippen LogP) is -0.940. The third-order valence-corrected chi connectivity index (χ3v) is 1.81. The summed E-state index contributed by atoms with van der Waals surface area (Å²) in [5.74, 6) is -6.34. The molecule has 0 amide bonds. The van der Waals surface area contributed by atoms with Crippen LogP contribution in [0.2, 0.25) is 0 Å². The monoisotopic (exact) mass is 202 g/mol. The van der Waals surface area contributed by atoms with Gasteiger partial charge in [0.2, 0.25) is 5.79 Å². The van der Waals surface area contributed by atoms with Crippen molar-refractivity contribution in [1.29, 1.82) is 0 Å². The summed E-state index contributed by atoms with van der Waals surface area (Å²) in [5.41, 5.74) is 0. The Hall–Kier alpha value is -1.40. The summed E-state index contributed by atoms with van der Waals surface area (Å²) in [4.78, 5) is 21.9. The highest BCUT2D eigenvalue weighted by atomic mass is 16.8. The van der Waals surface area contributed by atoms with Crippen molar-refractivity contribution in [2.45, 2.75) is 25.4 Å². The maximum Gasteiger partial charge on any atom is 0.334 e. The number of cyclic esters (lactones) is 2. The van der Waals surface area contributed by atoms with Gasteiger partial charge in [-0.2, -0.15) is 0 Å². The van der Waals surface area contributed by atoms with Gasteiger partial charge in [0, 0.05) is 19.1 Å². The Labute approximate surface area is 79.7 Å². The summed E-state index contributed by atoms with van der Waals surface area (Å²) in [6.07, 6.45) is 1.69. The minimum absolute atomic E-state index is 0.847. The van der Waals surface area contributed by atoms with Crippen LogP contribution in [0, 0.1) is 0 Å². The van der Waals surface area contributed by atoms with Crippen LogP contribution in [0.1, 0.15) is 13.8 Å². The van der Waals surface area contributed by atoms with Gasteiger partial charge < -0.3 is 19.7 Å². The molecule has 0 aromatic rings. The molecule has 6 nitrogen and oxygen atoms in total. The fraction of sp³-hybridized carbons (Fsp3) is 0.500. The van der Waals surface area contributed by atoms with Gasteiger partial charge >= 0.3 is 17.7 Å². The molecule has 1 aliphatic rings. The van der Waals surface area contributed by atoms with E-state index in [1.807, 2.05) is 0 Å². The summed E-state index contributed by atoms with van der Waals surface area (Å²) in [6, 6.07) is 0. The molecule has 1 aliphatic heterocycles. The first-order valence-electron chi connectivity index (χ1n) is 3.83. The molecule has 0 spiro atoms. The van der Waals surface area contributed by atoms with E-state index in [4.69, 9.17) is 0 Å². The van der Waals surface area contributed by atoms with Crippen LogP contribution >= 0.6 is 0 Å². The zero-order chi connectivity index (χ0) is 11.0. The van der Waals surface area contributed by atoms with Crippen LogP contribution in [0.15, 0.2) is 12.2 Å². The molecule has 78 valence electrons. The van der Waals surface area contributed by atoms with E-state index in [9.17, 15) is 19.8 Å². The van der Waals surface area contributed by atoms with E-state index in [1.165, 1.54) is 0 Å². The van der Waals surface area contributed by atoms with Crippen molar-refractivity contribution in [3.63, 3.8) is 0 Å². The molecule has 0 atom stereocenters. The molecule has 0 bridgehead atoms. The van der Waals surface area contributed by atoms with Gasteiger partial charge in [-0.3, -0.25) is 0 Å². The van der Waals surface area contributed by atoms with E-state index in [1.54, 1.807) is 0 Å². The third-order valence-electron chi connectivity index (χ3n) is 1.81. The van der Waals surface area contributed by atoms with E-state index in [2.05, 4.69) is 9.47 Å². The van der Waals surface area contributed by atoms with Gasteiger partial charge in [0.15, 0.2) is 0 Å². The average molecular weight is 202 g/mol. The molecule has 0 aliphatic carbocycles. The summed E-state index contributed by atoms with van der Waals surface area (Å²) in [6.45, 7) is 2.02. The second-order valence-corrected chi connectivity index (χ2v) is 3.14. The van der Waals surface area contributed by atoms with Gasteiger partial charge in [-0.1, -0.05) is 0 Å². The van der Waals surface area contributed by atoms with Gasteiger partial charge in [-0.25, -0.2) is 9.59 Å². The highest BCUT2D eigenvalue weighted by Crippen LogP contribution is 2.27. The van der Waals surface area contributed by atoms with Crippen molar-refractivity contribution in [2.75, 3.05) is 0 Å². The molecule has 14 heavy (non-hydrogen) atoms. The number of hydrogen-bond donors (Lipinski definition) is 2. The standard InChI is InChI=1S/C8H10O6/c1-7(11,12)8(2)13-5(9)3-4-6(10)14-8/h3-4,11-12H,1-2H3. The molecule has 0 radical (unpaired) electrons. The number of ether oxygens (including phenoxy) is 2. The van der Waals surface area contributed by atoms with Crippen LogP contribution in [-0.4, -0.2) is 33.7 Å². The lowest BCUT2D eigenvalue weighted by molar-refractivity contribution is -0.342. The molecule has 0 aromatic heterocycles. The lowest BCUT2D eigenvalue weighted by atomic mass is 10.1. The number of esters is 2. The Kier molecular flexibility index (Phi) is 2.34. The van der Waals surface area contributed by atoms with E-state index in [0.29, 0.717) is 0 Å². The van der Waals surface area contributed by atoms with E-state index < -0.39 is 23.5 Å². The van der Waals surface area contributed by atoms with E-state index in [0.717, 1.165) is 26.0 Å². The zero-order valence-electron chi connectivity index (χ0n) is 7.68. The van der Waals surface area contributed by atoms with Crippen LogP contribution in [0.25, 0.3) is 0 Å². The van der Waals surface area contributed by atoms with Crippen LogP contribution in [0.3, 0.4) is 0 Å². The minimum atomic E-state index is -2.47. The lowest BCUT2D eigenvalue weighted by Crippen LogP contribution is -2.54. The quantitative estimate of drug-likeness (QED) is 0.421. The number of rotatable bonds is 1. The Bertz CT molecular complexity index is 277. The van der Waals surface area contributed by atoms with Gasteiger partial charge in [0.05, 0.1) is 0 Å². The van der Waals surface area contributed by atoms with Crippen LogP contribution in [0.5, 0.6) is 0 Å². The van der Waals surface area contributed by atoms with Crippen molar-refractivity contribution in [3.05, 3.63) is 12.2 Å². The summed E-state index contributed by atoms with van der Waals surface area (Å²) in [7, 11) is 0. The number of carbonyl (C=O) groups excluding carboxylic acids is 2. The molecule has 1 rings (SSSR count). The van der Waals surface area contributed by atoms with Crippen LogP contribution in [-0.2, 0) is 19.1 Å². The van der Waals surface area contributed by atoms with Crippen molar-refractivity contribution in [1.82, 2.24) is 0 Å². The molecule has 1 heterocycles. The van der Waals surface area contributed by atoms with Crippen LogP contribution in [0.4, 0.5) is 0 Å². The second-order valence-electron chi connectivity index (χ2n) is 3.14. The van der Waals surface area contributed by atoms with E-state index >= 15 is 0 Å². The number of aliphatic hydroxyl groups is 2. The SMILES string of the molecule is CC(O)(O)C1(C)OC(=O)C=CC(=O)O1. The maximum absolute atomic E-state index is 10.9. The van der Waals surface area contributed by atoms with Crippen molar-refractivity contribution >= 4 is 11.9 Å². The number of hydrogen-bond acceptors (Lipinski definition) is 6. The maximum atomic E-state index is 10.9. The summed E-state index contributed by atoms with van der Waals surface area (Å²) in [5, 5.41) is 18.5. The first-order valence-corrected chi connectivity index (χ1v) is 3.83. The normalized spacial score (nSPS) is 21.1. The largest absolute Gasteiger partial charge is 0.414 e. The molecule has 0 saturated heterocycles. The molecule has 0 aromatic carbocycles. The fourth-order valence-corrected chi connectivity index (χ4v) is 0.802. The van der Waals surface area contributed by atoms with Gasteiger partial charge in [-0.15, -0.1) is 0 Å². The second kappa shape index (κ2) is 3.07. The Morgan fingerprint density at radius 2 is 1.57 bits per heavy atom. The smallest absolute Gasteiger partial charge is 0.334 e. The highest BCUT2D eigenvalue weighted by Gasteiger charge is 2.50. The molecule has 2 N–H and O–H groups in total. The first kappa shape index (κ1) is 10.7. The molecule has 0 unspecified atom stereocenters. The summed E-state index contributed by atoms with van der Waals surface area (Å²) >= 11 is 0. The molecular formula is C8H10O6. The van der Waals surface area contributed by atoms with Crippen LogP contribution < -0.4 is 0 Å². The van der Waals surface area contributed by atoms with Crippen molar-refractivity contribution < 1.29 is 29.3 Å². The predicted molar refractivity (Wildman–Crippen MR) is 42.6 cm³/mol. The summed E-state index contributed by atoms with van der Waals surface area (Å²) < 4.78 is 9.13. The van der Waals surface area contributed by atoms with E-state index in [-0.39, 0.29) is 0 Å².